The van der Waals surface area contributed by atoms with Crippen LogP contribution < -0.4 is 4.74 Å². The Kier molecular flexibility index (Phi) is 8.49. The predicted octanol–water partition coefficient (Wildman–Crippen LogP) is 3.04. The lowest BCUT2D eigenvalue weighted by atomic mass is 10.1. The summed E-state index contributed by atoms with van der Waals surface area (Å²) in [6.45, 7) is 2.36. The summed E-state index contributed by atoms with van der Waals surface area (Å²) in [6, 6.07) is 16.3. The van der Waals surface area contributed by atoms with Gasteiger partial charge in [-0.05, 0) is 36.2 Å². The molecule has 0 spiro atoms. The average molecular weight is 385 g/mol. The van der Waals surface area contributed by atoms with Gasteiger partial charge in [-0.2, -0.15) is 0 Å². The zero-order chi connectivity index (χ0) is 20.4. The van der Waals surface area contributed by atoms with Crippen LogP contribution in [0.5, 0.6) is 5.75 Å². The third-order valence-corrected chi connectivity index (χ3v) is 4.52. The molecule has 2 aromatic rings. The highest BCUT2D eigenvalue weighted by Gasteiger charge is 2.24. The van der Waals surface area contributed by atoms with Crippen LogP contribution in [-0.4, -0.2) is 48.2 Å². The number of aliphatic hydroxyl groups is 1. The molecule has 0 aliphatic carbocycles. The maximum absolute atomic E-state index is 12.9. The van der Waals surface area contributed by atoms with Crippen LogP contribution in [0.25, 0.3) is 0 Å². The van der Waals surface area contributed by atoms with Gasteiger partial charge in [-0.3, -0.25) is 9.59 Å². The maximum Gasteiger partial charge on any atom is 0.307 e. The molecule has 150 valence electrons. The van der Waals surface area contributed by atoms with Crippen LogP contribution in [0, 0.1) is 0 Å². The minimum absolute atomic E-state index is 0.0804. The van der Waals surface area contributed by atoms with E-state index in [0.717, 1.165) is 5.56 Å². The van der Waals surface area contributed by atoms with Crippen molar-refractivity contribution in [3.8, 4) is 5.75 Å². The molecule has 6 heteroatoms. The van der Waals surface area contributed by atoms with Crippen molar-refractivity contribution < 1.29 is 24.2 Å². The van der Waals surface area contributed by atoms with Crippen molar-refractivity contribution in [1.82, 2.24) is 4.90 Å². The average Bonchev–Trinajstić information content (AvgIpc) is 2.75. The lowest BCUT2D eigenvalue weighted by Crippen LogP contribution is -2.43. The topological polar surface area (TPSA) is 76.1 Å². The molecule has 0 radical (unpaired) electrons. The van der Waals surface area contributed by atoms with Gasteiger partial charge in [0.1, 0.15) is 12.4 Å². The second-order valence-electron chi connectivity index (χ2n) is 6.37. The summed E-state index contributed by atoms with van der Waals surface area (Å²) in [4.78, 5) is 25.9. The summed E-state index contributed by atoms with van der Waals surface area (Å²) in [5.41, 5.74) is 1.54. The molecule has 1 atom stereocenters. The second-order valence-corrected chi connectivity index (χ2v) is 6.37. The van der Waals surface area contributed by atoms with E-state index < -0.39 is 5.97 Å². The summed E-state index contributed by atoms with van der Waals surface area (Å²) >= 11 is 0. The molecular weight excluding hydrogens is 358 g/mol. The molecule has 0 bridgehead atoms. The molecule has 0 saturated carbocycles. The van der Waals surface area contributed by atoms with E-state index in [9.17, 15) is 14.7 Å². The Balaban J connectivity index is 2.05. The van der Waals surface area contributed by atoms with Crippen LogP contribution in [0.4, 0.5) is 0 Å². The Labute approximate surface area is 165 Å². The van der Waals surface area contributed by atoms with E-state index in [1.165, 1.54) is 12.0 Å². The third kappa shape index (κ3) is 6.09. The minimum atomic E-state index is -0.393. The van der Waals surface area contributed by atoms with E-state index in [1.54, 1.807) is 24.3 Å². The molecule has 0 heterocycles. The van der Waals surface area contributed by atoms with Crippen LogP contribution in [0.15, 0.2) is 54.6 Å². The molecule has 28 heavy (non-hydrogen) atoms. The molecule has 1 N–H and O–H groups in total. The Morgan fingerprint density at radius 1 is 1.07 bits per heavy atom. The molecule has 0 fully saturated rings. The zero-order valence-electron chi connectivity index (χ0n) is 16.3. The number of carbonyl (C=O) groups is 2. The number of esters is 1. The van der Waals surface area contributed by atoms with E-state index in [0.29, 0.717) is 24.3 Å². The van der Waals surface area contributed by atoms with Crippen molar-refractivity contribution in [1.29, 1.82) is 0 Å². The van der Waals surface area contributed by atoms with Gasteiger partial charge in [-0.1, -0.05) is 37.3 Å². The fourth-order valence-electron chi connectivity index (χ4n) is 2.81. The monoisotopic (exact) mass is 385 g/mol. The van der Waals surface area contributed by atoms with Gasteiger partial charge in [0.15, 0.2) is 0 Å². The molecule has 2 rings (SSSR count). The quantitative estimate of drug-likeness (QED) is 0.636. The third-order valence-electron chi connectivity index (χ3n) is 4.52. The number of ether oxygens (including phenoxy) is 2. The molecule has 2 aromatic carbocycles. The van der Waals surface area contributed by atoms with Crippen LogP contribution in [0.2, 0.25) is 0 Å². The van der Waals surface area contributed by atoms with Gasteiger partial charge >= 0.3 is 5.97 Å². The number of methoxy groups -OCH3 is 1. The van der Waals surface area contributed by atoms with Gasteiger partial charge in [0.05, 0.1) is 26.2 Å². The lowest BCUT2D eigenvalue weighted by Gasteiger charge is -2.29. The predicted molar refractivity (Wildman–Crippen MR) is 106 cm³/mol. The Morgan fingerprint density at radius 2 is 1.75 bits per heavy atom. The van der Waals surface area contributed by atoms with Gasteiger partial charge in [-0.25, -0.2) is 0 Å². The van der Waals surface area contributed by atoms with Crippen molar-refractivity contribution in [2.24, 2.45) is 0 Å². The first-order valence-corrected chi connectivity index (χ1v) is 9.34. The number of rotatable bonds is 10. The maximum atomic E-state index is 12.9. The Hall–Kier alpha value is -2.86. The number of hydrogen-bond acceptors (Lipinski definition) is 5. The van der Waals surface area contributed by atoms with Crippen molar-refractivity contribution in [2.75, 3.05) is 20.3 Å². The van der Waals surface area contributed by atoms with E-state index in [1.807, 2.05) is 37.3 Å². The van der Waals surface area contributed by atoms with Crippen LogP contribution in [0.1, 0.15) is 35.7 Å². The largest absolute Gasteiger partial charge is 0.489 e. The van der Waals surface area contributed by atoms with Crippen molar-refractivity contribution in [3.05, 3.63) is 65.7 Å². The summed E-state index contributed by atoms with van der Waals surface area (Å²) in [7, 11) is 1.31. The van der Waals surface area contributed by atoms with Gasteiger partial charge in [0.25, 0.3) is 5.91 Å². The first-order chi connectivity index (χ1) is 13.6. The molecule has 0 aromatic heterocycles. The number of amides is 1. The molecule has 0 aliphatic rings. The highest BCUT2D eigenvalue weighted by molar-refractivity contribution is 5.94. The summed E-state index contributed by atoms with van der Waals surface area (Å²) < 4.78 is 10.4. The molecule has 6 nitrogen and oxygen atoms in total. The first kappa shape index (κ1) is 21.4. The lowest BCUT2D eigenvalue weighted by molar-refractivity contribution is -0.140. The molecule has 0 saturated heterocycles. The smallest absolute Gasteiger partial charge is 0.307 e. The summed E-state index contributed by atoms with van der Waals surface area (Å²) in [6.07, 6.45) is 0.665. The minimum Gasteiger partial charge on any atom is -0.489 e. The summed E-state index contributed by atoms with van der Waals surface area (Å²) in [5.74, 6) is 0.0328. The normalized spacial score (nSPS) is 11.5. The number of benzene rings is 2. The highest BCUT2D eigenvalue weighted by atomic mass is 16.5. The molecule has 0 aliphatic heterocycles. The molecule has 1 unspecified atom stereocenters. The zero-order valence-corrected chi connectivity index (χ0v) is 16.3. The van der Waals surface area contributed by atoms with E-state index in [4.69, 9.17) is 4.74 Å². The molecular formula is C22H27NO5. The van der Waals surface area contributed by atoms with Gasteiger partial charge in [0.2, 0.25) is 0 Å². The second kappa shape index (κ2) is 11.1. The fraction of sp³-hybridized carbons (Fsp3) is 0.364. The van der Waals surface area contributed by atoms with Gasteiger partial charge < -0.3 is 19.5 Å². The standard InChI is InChI=1S/C22H27NO5/c1-3-19(15-24)23(14-13-21(25)27-2)22(26)18-9-11-20(12-10-18)28-16-17-7-5-4-6-8-17/h4-12,19,24H,3,13-16H2,1-2H3. The van der Waals surface area contributed by atoms with Gasteiger partial charge in [-0.15, -0.1) is 0 Å². The van der Waals surface area contributed by atoms with Crippen LogP contribution in [-0.2, 0) is 16.1 Å². The fourth-order valence-corrected chi connectivity index (χ4v) is 2.81. The van der Waals surface area contributed by atoms with Crippen molar-refractivity contribution >= 4 is 11.9 Å². The summed E-state index contributed by atoms with van der Waals surface area (Å²) in [5, 5.41) is 9.61. The van der Waals surface area contributed by atoms with Crippen LogP contribution >= 0.6 is 0 Å². The van der Waals surface area contributed by atoms with Crippen LogP contribution in [0.3, 0.4) is 0 Å². The first-order valence-electron chi connectivity index (χ1n) is 9.34. The number of carbonyl (C=O) groups excluding carboxylic acids is 2. The number of nitrogens with zero attached hydrogens (tertiary/aromatic N) is 1. The SMILES string of the molecule is CCC(CO)N(CCC(=O)OC)C(=O)c1ccc(OCc2ccccc2)cc1. The van der Waals surface area contributed by atoms with E-state index in [2.05, 4.69) is 4.74 Å². The number of hydrogen-bond donors (Lipinski definition) is 1. The Morgan fingerprint density at radius 3 is 2.32 bits per heavy atom. The highest BCUT2D eigenvalue weighted by Crippen LogP contribution is 2.17. The van der Waals surface area contributed by atoms with E-state index in [-0.39, 0.29) is 31.5 Å². The van der Waals surface area contributed by atoms with Crippen molar-refractivity contribution in [3.63, 3.8) is 0 Å². The number of aliphatic hydroxyl groups excluding tert-OH is 1. The van der Waals surface area contributed by atoms with Crippen molar-refractivity contribution in [2.45, 2.75) is 32.4 Å². The molecule has 1 amide bonds. The Bertz CT molecular complexity index is 741. The van der Waals surface area contributed by atoms with Gasteiger partial charge in [0, 0.05) is 12.1 Å². The van der Waals surface area contributed by atoms with E-state index >= 15 is 0 Å².